The quantitative estimate of drug-likeness (QED) is 0.0352. The van der Waals surface area contributed by atoms with E-state index in [1.54, 1.807) is 48.6 Å². The van der Waals surface area contributed by atoms with Crippen LogP contribution in [-0.2, 0) is 9.59 Å². The summed E-state index contributed by atoms with van der Waals surface area (Å²) in [5.74, 6) is 2.42. The van der Waals surface area contributed by atoms with Crippen LogP contribution in [0.1, 0.15) is 67.3 Å². The number of hydrogen-bond acceptors (Lipinski definition) is 7. The lowest BCUT2D eigenvalue weighted by Crippen LogP contribution is -2.29. The Kier molecular flexibility index (Phi) is 14.5. The van der Waals surface area contributed by atoms with Gasteiger partial charge in [0.05, 0.1) is 18.9 Å². The number of carbonyl (C=O) groups excluding carboxylic acids is 3. The fourth-order valence-electron chi connectivity index (χ4n) is 5.49. The molecule has 0 radical (unpaired) electrons. The van der Waals surface area contributed by atoms with Gasteiger partial charge < -0.3 is 18.9 Å². The molecule has 0 spiro atoms. The van der Waals surface area contributed by atoms with Crippen LogP contribution in [0.2, 0.25) is 0 Å². The maximum atomic E-state index is 12.2. The highest BCUT2D eigenvalue weighted by atomic mass is 16.5. The van der Waals surface area contributed by atoms with Gasteiger partial charge in [-0.1, -0.05) is 87.1 Å². The van der Waals surface area contributed by atoms with E-state index in [0.717, 1.165) is 59.1 Å². The van der Waals surface area contributed by atoms with E-state index in [4.69, 9.17) is 18.9 Å². The zero-order valence-corrected chi connectivity index (χ0v) is 28.9. The normalized spacial score (nSPS) is 12.4. The van der Waals surface area contributed by atoms with Crippen molar-refractivity contribution < 1.29 is 33.3 Å². The van der Waals surface area contributed by atoms with E-state index in [0.29, 0.717) is 37.7 Å². The third-order valence-corrected chi connectivity index (χ3v) is 8.29. The van der Waals surface area contributed by atoms with Crippen molar-refractivity contribution in [3.63, 3.8) is 0 Å². The van der Waals surface area contributed by atoms with Gasteiger partial charge in [0.25, 0.3) is 11.8 Å². The summed E-state index contributed by atoms with van der Waals surface area (Å²) in [7, 11) is 0. The number of ketones is 1. The molecule has 0 fully saturated rings. The Morgan fingerprint density at radius 3 is 1.39 bits per heavy atom. The van der Waals surface area contributed by atoms with Crippen LogP contribution in [0.3, 0.4) is 0 Å². The van der Waals surface area contributed by atoms with E-state index >= 15 is 0 Å². The summed E-state index contributed by atoms with van der Waals surface area (Å²) in [5, 5.41) is 0. The summed E-state index contributed by atoms with van der Waals surface area (Å²) in [6.07, 6.45) is 15.1. The molecule has 51 heavy (non-hydrogen) atoms. The number of amides is 2. The molecule has 4 aromatic carbocycles. The number of allylic oxidation sites excluding steroid dienone is 1. The Balaban J connectivity index is 0.830. The Bertz CT molecular complexity index is 1710. The van der Waals surface area contributed by atoms with Gasteiger partial charge in [0.2, 0.25) is 0 Å². The third-order valence-electron chi connectivity index (χ3n) is 8.29. The van der Waals surface area contributed by atoms with Crippen LogP contribution >= 0.6 is 0 Å². The van der Waals surface area contributed by atoms with Crippen molar-refractivity contribution in [1.29, 1.82) is 0 Å². The number of rotatable bonds is 22. The molecule has 0 saturated heterocycles. The number of benzene rings is 4. The molecule has 8 heteroatoms. The summed E-state index contributed by atoms with van der Waals surface area (Å²) in [6.45, 7) is 2.18. The molecule has 1 aliphatic heterocycles. The molecule has 2 amide bonds. The molecule has 4 aromatic rings. The summed E-state index contributed by atoms with van der Waals surface area (Å²) < 4.78 is 23.3. The second-order valence-electron chi connectivity index (χ2n) is 12.2. The zero-order valence-electron chi connectivity index (χ0n) is 28.9. The van der Waals surface area contributed by atoms with Crippen molar-refractivity contribution >= 4 is 29.4 Å². The van der Waals surface area contributed by atoms with Gasteiger partial charge in [0, 0.05) is 17.7 Å². The lowest BCUT2D eigenvalue weighted by atomic mass is 10.1. The Morgan fingerprint density at radius 1 is 0.490 bits per heavy atom. The van der Waals surface area contributed by atoms with E-state index in [2.05, 4.69) is 0 Å². The van der Waals surface area contributed by atoms with Gasteiger partial charge in [-0.15, -0.1) is 0 Å². The van der Waals surface area contributed by atoms with Crippen LogP contribution in [0.5, 0.6) is 23.0 Å². The molecule has 1 heterocycles. The number of hydrogen-bond donors (Lipinski definition) is 0. The number of unbranched alkanes of at least 4 members (excludes halogenated alkanes) is 7. The summed E-state index contributed by atoms with van der Waals surface area (Å²) in [6, 6.07) is 31.5. The molecule has 0 bridgehead atoms. The summed E-state index contributed by atoms with van der Waals surface area (Å²) >= 11 is 0. The van der Waals surface area contributed by atoms with Gasteiger partial charge >= 0.3 is 0 Å². The lowest BCUT2D eigenvalue weighted by molar-refractivity contribution is -0.120. The Labute approximate surface area is 300 Å². The fourth-order valence-corrected chi connectivity index (χ4v) is 5.49. The van der Waals surface area contributed by atoms with Crippen molar-refractivity contribution in [3.8, 4) is 23.0 Å². The number of anilines is 1. The van der Waals surface area contributed by atoms with Gasteiger partial charge in [0.1, 0.15) is 36.2 Å². The second-order valence-corrected chi connectivity index (χ2v) is 12.2. The minimum Gasteiger partial charge on any atom is -0.494 e. The molecule has 8 nitrogen and oxygen atoms in total. The molecule has 0 saturated carbocycles. The Hall–Kier alpha value is -5.63. The molecule has 0 N–H and O–H groups in total. The van der Waals surface area contributed by atoms with Crippen LogP contribution in [0, 0.1) is 0 Å². The summed E-state index contributed by atoms with van der Waals surface area (Å²) in [5.41, 5.74) is 2.15. The minimum absolute atomic E-state index is 0.0262. The molecular formula is C43H45NO7. The molecule has 0 unspecified atom stereocenters. The maximum Gasteiger partial charge on any atom is 0.258 e. The van der Waals surface area contributed by atoms with E-state index < -0.39 is 0 Å². The second kappa shape index (κ2) is 20.1. The third kappa shape index (κ3) is 12.3. The van der Waals surface area contributed by atoms with Gasteiger partial charge in [-0.2, -0.15) is 0 Å². The first kappa shape index (κ1) is 36.6. The number of imide groups is 1. The molecule has 0 aliphatic carbocycles. The lowest BCUT2D eigenvalue weighted by Gasteiger charge is -2.14. The van der Waals surface area contributed by atoms with Gasteiger partial charge in [0.15, 0.2) is 5.78 Å². The van der Waals surface area contributed by atoms with Gasteiger partial charge in [-0.3, -0.25) is 14.4 Å². The molecule has 0 atom stereocenters. The smallest absolute Gasteiger partial charge is 0.258 e. The average Bonchev–Trinajstić information content (AvgIpc) is 3.51. The van der Waals surface area contributed by atoms with E-state index in [1.807, 2.05) is 66.7 Å². The predicted molar refractivity (Wildman–Crippen MR) is 200 cm³/mol. The largest absolute Gasteiger partial charge is 0.494 e. The first-order valence-corrected chi connectivity index (χ1v) is 17.7. The van der Waals surface area contributed by atoms with Crippen LogP contribution in [0.25, 0.3) is 6.08 Å². The standard InChI is InChI=1S/C43H45NO7/c45-41(35-12-8-7-9-13-35)27-16-34-14-19-37(20-15-34)50-32-33-51-40-25-23-39(24-26-40)49-31-11-6-4-2-1-3-5-10-30-48-38-21-17-36(18-22-38)44-42(46)28-29-43(44)47/h7-9,12-29H,1-6,10-11,30-33H2/b27-16+. The van der Waals surface area contributed by atoms with Gasteiger partial charge in [-0.05, 0) is 85.1 Å². The molecule has 1 aliphatic rings. The van der Waals surface area contributed by atoms with Crippen LogP contribution in [0.4, 0.5) is 5.69 Å². The van der Waals surface area contributed by atoms with Crippen molar-refractivity contribution in [2.75, 3.05) is 31.3 Å². The molecule has 264 valence electrons. The molecule has 5 rings (SSSR count). The highest BCUT2D eigenvalue weighted by Gasteiger charge is 2.24. The Morgan fingerprint density at radius 2 is 0.902 bits per heavy atom. The number of ether oxygens (including phenoxy) is 4. The number of nitrogens with zero attached hydrogens (tertiary/aromatic N) is 1. The van der Waals surface area contributed by atoms with Crippen LogP contribution in [-0.4, -0.2) is 44.0 Å². The monoisotopic (exact) mass is 687 g/mol. The maximum absolute atomic E-state index is 12.2. The zero-order chi connectivity index (χ0) is 35.5. The highest BCUT2D eigenvalue weighted by Crippen LogP contribution is 2.23. The first-order valence-electron chi connectivity index (χ1n) is 17.7. The molecular weight excluding hydrogens is 642 g/mol. The van der Waals surface area contributed by atoms with Crippen LogP contribution < -0.4 is 23.8 Å². The van der Waals surface area contributed by atoms with E-state index in [9.17, 15) is 14.4 Å². The van der Waals surface area contributed by atoms with Crippen molar-refractivity contribution in [2.45, 2.75) is 51.4 Å². The van der Waals surface area contributed by atoms with Crippen LogP contribution in [0.15, 0.2) is 121 Å². The molecule has 0 aromatic heterocycles. The van der Waals surface area contributed by atoms with Crippen molar-refractivity contribution in [3.05, 3.63) is 132 Å². The van der Waals surface area contributed by atoms with Gasteiger partial charge in [-0.25, -0.2) is 4.90 Å². The SMILES string of the molecule is O=C(/C=C/c1ccc(OCCOc2ccc(OCCCCCCCCCCOc3ccc(N4C(=O)C=CC4=O)cc3)cc2)cc1)c1ccccc1. The van der Waals surface area contributed by atoms with E-state index in [1.165, 1.54) is 37.8 Å². The van der Waals surface area contributed by atoms with Crippen molar-refractivity contribution in [1.82, 2.24) is 0 Å². The summed E-state index contributed by atoms with van der Waals surface area (Å²) in [4.78, 5) is 37.0. The predicted octanol–water partition coefficient (Wildman–Crippen LogP) is 9.05. The number of carbonyl (C=O) groups is 3. The minimum atomic E-state index is -0.319. The van der Waals surface area contributed by atoms with Crippen molar-refractivity contribution in [2.24, 2.45) is 0 Å². The first-order chi connectivity index (χ1) is 25.0. The topological polar surface area (TPSA) is 91.4 Å². The highest BCUT2D eigenvalue weighted by molar-refractivity contribution is 6.28. The fraction of sp³-hybridized carbons (Fsp3) is 0.279. The van der Waals surface area contributed by atoms with E-state index in [-0.39, 0.29) is 17.6 Å². The average molecular weight is 688 g/mol.